The van der Waals surface area contributed by atoms with Crippen LogP contribution >= 0.6 is 0 Å². The van der Waals surface area contributed by atoms with Crippen molar-refractivity contribution >= 4 is 17.5 Å². The molecule has 46 heavy (non-hydrogen) atoms. The van der Waals surface area contributed by atoms with Gasteiger partial charge in [0.05, 0.1) is 37.1 Å². The van der Waals surface area contributed by atoms with E-state index in [1.807, 2.05) is 12.1 Å². The number of nitrogens with zero attached hydrogens (tertiary/aromatic N) is 6. The molecule has 0 bridgehead atoms. The number of piperazine rings is 1. The predicted octanol–water partition coefficient (Wildman–Crippen LogP) is 5.53. The first kappa shape index (κ1) is 30.0. The van der Waals surface area contributed by atoms with Gasteiger partial charge in [-0.1, -0.05) is 12.1 Å². The molecule has 4 aromatic rings. The average Bonchev–Trinajstić information content (AvgIpc) is 3.04. The molecule has 0 aliphatic carbocycles. The summed E-state index contributed by atoms with van der Waals surface area (Å²) >= 11 is 0. The Bertz CT molecular complexity index is 1740. The smallest absolute Gasteiger partial charge is 0.319 e. The highest BCUT2D eigenvalue weighted by molar-refractivity contribution is 5.66. The van der Waals surface area contributed by atoms with Crippen molar-refractivity contribution in [1.82, 2.24) is 25.2 Å². The molecule has 3 aliphatic heterocycles. The zero-order valence-electron chi connectivity index (χ0n) is 25.2. The molecule has 3 fully saturated rings. The number of hydrogen-bond donors (Lipinski definition) is 2. The molecule has 0 unspecified atom stereocenters. The average molecular weight is 625 g/mol. The minimum Gasteiger partial charge on any atom is -0.456 e. The van der Waals surface area contributed by atoms with Crippen LogP contribution in [0.15, 0.2) is 73.1 Å². The molecule has 0 atom stereocenters. The molecule has 12 heteroatoms. The van der Waals surface area contributed by atoms with Crippen LogP contribution < -0.4 is 20.3 Å². The zero-order chi connectivity index (χ0) is 31.5. The number of likely N-dealkylation sites (tertiary alicyclic amines) is 1. The summed E-state index contributed by atoms with van der Waals surface area (Å²) in [5, 5.41) is 15.5. The topological polar surface area (TPSA) is 111 Å². The van der Waals surface area contributed by atoms with Crippen LogP contribution in [0.4, 0.5) is 26.2 Å². The number of alkyl halides is 2. The van der Waals surface area contributed by atoms with Gasteiger partial charge in [-0.15, -0.1) is 0 Å². The maximum atomic E-state index is 13.9. The van der Waals surface area contributed by atoms with Gasteiger partial charge >= 0.3 is 6.05 Å². The van der Waals surface area contributed by atoms with Gasteiger partial charge < -0.3 is 19.7 Å². The third kappa shape index (κ3) is 6.77. The van der Waals surface area contributed by atoms with Crippen molar-refractivity contribution in [2.45, 2.75) is 30.8 Å². The highest BCUT2D eigenvalue weighted by atomic mass is 19.3. The number of hydrogen-bond acceptors (Lipinski definition) is 10. The fourth-order valence-corrected chi connectivity index (χ4v) is 6.18. The quantitative estimate of drug-likeness (QED) is 0.243. The van der Waals surface area contributed by atoms with Gasteiger partial charge in [0.2, 0.25) is 5.95 Å². The summed E-state index contributed by atoms with van der Waals surface area (Å²) in [5.41, 5.74) is 3.92. The molecular weight excluding hydrogens is 590 g/mol. The zero-order valence-corrected chi connectivity index (χ0v) is 25.2. The molecule has 0 saturated carbocycles. The lowest BCUT2D eigenvalue weighted by atomic mass is 9.88. The van der Waals surface area contributed by atoms with Gasteiger partial charge in [0.25, 0.3) is 0 Å². The molecule has 3 saturated heterocycles. The Hall–Kier alpha value is -4.70. The second-order valence-electron chi connectivity index (χ2n) is 11.8. The fourth-order valence-electron chi connectivity index (χ4n) is 6.18. The van der Waals surface area contributed by atoms with E-state index in [4.69, 9.17) is 14.5 Å². The van der Waals surface area contributed by atoms with Gasteiger partial charge in [-0.25, -0.2) is 15.0 Å². The van der Waals surface area contributed by atoms with E-state index < -0.39 is 12.6 Å². The molecule has 5 heterocycles. The number of piperidine rings is 1. The largest absolute Gasteiger partial charge is 0.456 e. The van der Waals surface area contributed by atoms with Crippen molar-refractivity contribution in [1.29, 1.82) is 5.26 Å². The summed E-state index contributed by atoms with van der Waals surface area (Å²) in [6.45, 7) is 3.95. The van der Waals surface area contributed by atoms with E-state index in [2.05, 4.69) is 49.8 Å². The van der Waals surface area contributed by atoms with E-state index in [9.17, 15) is 14.0 Å². The number of rotatable bonds is 8. The molecule has 0 radical (unpaired) electrons. The maximum absolute atomic E-state index is 13.9. The van der Waals surface area contributed by atoms with Crippen LogP contribution in [0.3, 0.4) is 0 Å². The van der Waals surface area contributed by atoms with E-state index in [1.165, 1.54) is 16.7 Å². The number of pyridine rings is 1. The van der Waals surface area contributed by atoms with Crippen molar-refractivity contribution in [2.24, 2.45) is 0 Å². The Morgan fingerprint density at radius 3 is 2.63 bits per heavy atom. The third-order valence-corrected chi connectivity index (χ3v) is 8.76. The Labute approximate surface area is 266 Å². The van der Waals surface area contributed by atoms with Gasteiger partial charge in [-0.05, 0) is 79.9 Å². The first-order chi connectivity index (χ1) is 22.4. The maximum Gasteiger partial charge on any atom is 0.319 e. The summed E-state index contributed by atoms with van der Waals surface area (Å²) in [5.74, 6) is 2.08. The van der Waals surface area contributed by atoms with Gasteiger partial charge in [0.15, 0.2) is 0 Å². The van der Waals surface area contributed by atoms with E-state index in [0.29, 0.717) is 53.0 Å². The molecule has 10 nitrogen and oxygen atoms in total. The number of anilines is 3. The lowest BCUT2D eigenvalue weighted by Crippen LogP contribution is -2.55. The number of aromatic nitrogens is 3. The first-order valence-electron chi connectivity index (χ1n) is 15.5. The molecule has 0 amide bonds. The predicted molar refractivity (Wildman–Crippen MR) is 170 cm³/mol. The Morgan fingerprint density at radius 1 is 1.00 bits per heavy atom. The van der Waals surface area contributed by atoms with E-state index in [0.717, 1.165) is 50.4 Å². The molecule has 7 rings (SSSR count). The fraction of sp³-hybridized carbons (Fsp3) is 0.353. The standard InChI is InChI=1S/C34H34F2N8O2/c35-34(36)22-44(15-12-40-34)32-18-29(6-10-38-32)46-31-5-4-25(16-26(31)19-37)30-7-11-39-33(42-30)41-27-3-1-2-24(17-27)23-8-13-43(14-9-23)28-20-45-21-28/h1-7,10-11,16-18,23,28,40H,8-9,12-15,20-22H2,(H,39,41,42). The third-order valence-electron chi connectivity index (χ3n) is 8.76. The van der Waals surface area contributed by atoms with Crippen molar-refractivity contribution < 1.29 is 18.3 Å². The van der Waals surface area contributed by atoms with Crippen molar-refractivity contribution in [2.75, 3.05) is 56.2 Å². The van der Waals surface area contributed by atoms with Crippen LogP contribution in [-0.4, -0.2) is 77.9 Å². The Morgan fingerprint density at radius 2 is 1.85 bits per heavy atom. The van der Waals surface area contributed by atoms with Crippen LogP contribution in [0.2, 0.25) is 0 Å². The highest BCUT2D eigenvalue weighted by Gasteiger charge is 2.35. The highest BCUT2D eigenvalue weighted by Crippen LogP contribution is 2.33. The van der Waals surface area contributed by atoms with Crippen molar-refractivity contribution in [3.63, 3.8) is 0 Å². The van der Waals surface area contributed by atoms with Crippen LogP contribution in [0.25, 0.3) is 11.3 Å². The summed E-state index contributed by atoms with van der Waals surface area (Å²) in [6.07, 6.45) is 5.45. The minimum absolute atomic E-state index is 0.142. The van der Waals surface area contributed by atoms with Crippen LogP contribution in [0, 0.1) is 11.3 Å². The minimum atomic E-state index is -3.00. The molecule has 2 aromatic carbocycles. The second kappa shape index (κ2) is 13.0. The Kier molecular flexibility index (Phi) is 8.45. The SMILES string of the molecule is N#Cc1cc(-c2ccnc(Nc3cccc(C4CCN(C5COC5)CC4)c3)n2)ccc1Oc1ccnc(N2CCNC(F)(F)C2)c1. The number of nitriles is 1. The van der Waals surface area contributed by atoms with Gasteiger partial charge in [-0.3, -0.25) is 10.2 Å². The molecule has 3 aliphatic rings. The van der Waals surface area contributed by atoms with E-state index in [1.54, 1.807) is 36.5 Å². The van der Waals surface area contributed by atoms with Crippen molar-refractivity contribution in [3.8, 4) is 28.8 Å². The summed E-state index contributed by atoms with van der Waals surface area (Å²) < 4.78 is 39.1. The van der Waals surface area contributed by atoms with E-state index >= 15 is 0 Å². The molecule has 2 aromatic heterocycles. The normalized spacial score (nSPS) is 18.8. The first-order valence-corrected chi connectivity index (χ1v) is 15.5. The number of ether oxygens (including phenoxy) is 2. The van der Waals surface area contributed by atoms with Crippen LogP contribution in [-0.2, 0) is 4.74 Å². The second-order valence-corrected chi connectivity index (χ2v) is 11.8. The molecule has 2 N–H and O–H groups in total. The molecular formula is C34H34F2N8O2. The van der Waals surface area contributed by atoms with Gasteiger partial charge in [-0.2, -0.15) is 14.0 Å². The monoisotopic (exact) mass is 624 g/mol. The summed E-state index contributed by atoms with van der Waals surface area (Å²) in [4.78, 5) is 17.4. The van der Waals surface area contributed by atoms with E-state index in [-0.39, 0.29) is 6.54 Å². The molecule has 0 spiro atoms. The van der Waals surface area contributed by atoms with Crippen LogP contribution in [0.1, 0.15) is 29.9 Å². The summed E-state index contributed by atoms with van der Waals surface area (Å²) in [6, 6.07) is 18.5. The van der Waals surface area contributed by atoms with Crippen LogP contribution in [0.5, 0.6) is 11.5 Å². The number of halogens is 2. The van der Waals surface area contributed by atoms with Gasteiger partial charge in [0.1, 0.15) is 23.4 Å². The number of nitrogens with one attached hydrogen (secondary N) is 2. The van der Waals surface area contributed by atoms with Gasteiger partial charge in [0, 0.05) is 42.8 Å². The molecule has 236 valence electrons. The lowest BCUT2D eigenvalue weighted by Gasteiger charge is -2.41. The lowest BCUT2D eigenvalue weighted by molar-refractivity contribution is -0.0712. The summed E-state index contributed by atoms with van der Waals surface area (Å²) in [7, 11) is 0. The Balaban J connectivity index is 1.03. The van der Waals surface area contributed by atoms with Crippen molar-refractivity contribution in [3.05, 3.63) is 84.2 Å². The number of benzene rings is 2.